The third-order valence-electron chi connectivity index (χ3n) is 3.84. The van der Waals surface area contributed by atoms with Crippen LogP contribution in [0.2, 0.25) is 0 Å². The molecule has 22 heavy (non-hydrogen) atoms. The second-order valence-electron chi connectivity index (χ2n) is 5.67. The fourth-order valence-electron chi connectivity index (χ4n) is 2.50. The molecule has 0 unspecified atom stereocenters. The summed E-state index contributed by atoms with van der Waals surface area (Å²) in [5.41, 5.74) is 1.26. The molecule has 0 N–H and O–H groups in total. The average Bonchev–Trinajstić information content (AvgIpc) is 2.56. The Bertz CT molecular complexity index is 390. The second-order valence-corrected chi connectivity index (χ2v) is 5.67. The van der Waals surface area contributed by atoms with E-state index in [-0.39, 0.29) is 0 Å². The molecular formula is C19H32O3. The average molecular weight is 308 g/mol. The molecule has 0 aliphatic rings. The smallest absolute Gasteiger partial charge is 0.160 e. The van der Waals surface area contributed by atoms with E-state index < -0.39 is 0 Å². The molecule has 0 amide bonds. The topological polar surface area (TPSA) is 27.7 Å². The number of aryl methyl sites for hydroxylation is 1. The van der Waals surface area contributed by atoms with Gasteiger partial charge in [0.1, 0.15) is 0 Å². The predicted octanol–water partition coefficient (Wildman–Crippen LogP) is 5.01. The SMILES string of the molecule is CCCCCCCCOCCCc1ccc(OC)c(OC)c1. The van der Waals surface area contributed by atoms with Crippen LogP contribution in [0.15, 0.2) is 18.2 Å². The first-order valence-electron chi connectivity index (χ1n) is 8.60. The summed E-state index contributed by atoms with van der Waals surface area (Å²) in [4.78, 5) is 0. The van der Waals surface area contributed by atoms with E-state index >= 15 is 0 Å². The van der Waals surface area contributed by atoms with E-state index in [1.807, 2.05) is 12.1 Å². The van der Waals surface area contributed by atoms with E-state index in [1.165, 1.54) is 44.1 Å². The van der Waals surface area contributed by atoms with Gasteiger partial charge in [0.15, 0.2) is 11.5 Å². The minimum Gasteiger partial charge on any atom is -0.493 e. The van der Waals surface area contributed by atoms with Crippen LogP contribution in [-0.4, -0.2) is 27.4 Å². The molecule has 0 aromatic heterocycles. The summed E-state index contributed by atoms with van der Waals surface area (Å²) in [6, 6.07) is 6.10. The molecule has 0 saturated heterocycles. The molecule has 0 fully saturated rings. The van der Waals surface area contributed by atoms with Gasteiger partial charge in [-0.2, -0.15) is 0 Å². The minimum absolute atomic E-state index is 0.783. The number of hydrogen-bond acceptors (Lipinski definition) is 3. The first kappa shape index (κ1) is 18.8. The highest BCUT2D eigenvalue weighted by molar-refractivity contribution is 5.42. The van der Waals surface area contributed by atoms with Crippen molar-refractivity contribution in [3.8, 4) is 11.5 Å². The molecule has 0 bridgehead atoms. The van der Waals surface area contributed by atoms with Crippen LogP contribution in [0, 0.1) is 0 Å². The molecule has 0 radical (unpaired) electrons. The molecule has 3 heteroatoms. The van der Waals surface area contributed by atoms with Crippen LogP contribution in [0.1, 0.15) is 57.4 Å². The first-order chi connectivity index (χ1) is 10.8. The van der Waals surface area contributed by atoms with E-state index in [0.29, 0.717) is 0 Å². The highest BCUT2D eigenvalue weighted by Gasteiger charge is 2.04. The maximum absolute atomic E-state index is 5.71. The number of hydrogen-bond donors (Lipinski definition) is 0. The maximum Gasteiger partial charge on any atom is 0.160 e. The summed E-state index contributed by atoms with van der Waals surface area (Å²) >= 11 is 0. The molecule has 0 saturated carbocycles. The summed E-state index contributed by atoms with van der Waals surface area (Å²) in [6.07, 6.45) is 9.95. The fourth-order valence-corrected chi connectivity index (χ4v) is 2.50. The number of rotatable bonds is 13. The Morgan fingerprint density at radius 3 is 2.18 bits per heavy atom. The van der Waals surface area contributed by atoms with Gasteiger partial charge in [-0.25, -0.2) is 0 Å². The van der Waals surface area contributed by atoms with E-state index in [0.717, 1.165) is 37.6 Å². The van der Waals surface area contributed by atoms with Crippen LogP contribution < -0.4 is 9.47 Å². The van der Waals surface area contributed by atoms with Gasteiger partial charge in [0.2, 0.25) is 0 Å². The highest BCUT2D eigenvalue weighted by atomic mass is 16.5. The quantitative estimate of drug-likeness (QED) is 0.479. The van der Waals surface area contributed by atoms with Gasteiger partial charge in [-0.3, -0.25) is 0 Å². The highest BCUT2D eigenvalue weighted by Crippen LogP contribution is 2.27. The van der Waals surface area contributed by atoms with Gasteiger partial charge in [0.25, 0.3) is 0 Å². The van der Waals surface area contributed by atoms with Crippen LogP contribution in [0.4, 0.5) is 0 Å². The van der Waals surface area contributed by atoms with Crippen LogP contribution in [0.25, 0.3) is 0 Å². The molecule has 3 nitrogen and oxygen atoms in total. The number of unbranched alkanes of at least 4 members (excludes halogenated alkanes) is 5. The number of benzene rings is 1. The van der Waals surface area contributed by atoms with Crippen LogP contribution in [0.5, 0.6) is 11.5 Å². The second kappa shape index (κ2) is 12.3. The fraction of sp³-hybridized carbons (Fsp3) is 0.684. The van der Waals surface area contributed by atoms with Gasteiger partial charge in [0.05, 0.1) is 14.2 Å². The maximum atomic E-state index is 5.71. The van der Waals surface area contributed by atoms with Crippen molar-refractivity contribution in [1.82, 2.24) is 0 Å². The molecule has 0 aliphatic heterocycles. The Hall–Kier alpha value is -1.22. The Morgan fingerprint density at radius 1 is 0.773 bits per heavy atom. The lowest BCUT2D eigenvalue weighted by Crippen LogP contribution is -1.99. The Balaban J connectivity index is 2.07. The van der Waals surface area contributed by atoms with Gasteiger partial charge in [-0.05, 0) is 37.0 Å². The Morgan fingerprint density at radius 2 is 1.45 bits per heavy atom. The predicted molar refractivity (Wildman–Crippen MR) is 92.1 cm³/mol. The van der Waals surface area contributed by atoms with Crippen molar-refractivity contribution in [2.24, 2.45) is 0 Å². The normalized spacial score (nSPS) is 10.7. The molecule has 126 valence electrons. The molecular weight excluding hydrogens is 276 g/mol. The molecule has 0 aliphatic carbocycles. The third kappa shape index (κ3) is 7.69. The van der Waals surface area contributed by atoms with Crippen molar-refractivity contribution in [2.75, 3.05) is 27.4 Å². The molecule has 1 rings (SSSR count). The standard InChI is InChI=1S/C19H32O3/c1-4-5-6-7-8-9-14-22-15-10-11-17-12-13-18(20-2)19(16-17)21-3/h12-13,16H,4-11,14-15H2,1-3H3. The van der Waals surface area contributed by atoms with Crippen molar-refractivity contribution < 1.29 is 14.2 Å². The Kier molecular flexibility index (Phi) is 10.6. The zero-order valence-electron chi connectivity index (χ0n) is 14.5. The van der Waals surface area contributed by atoms with E-state index in [9.17, 15) is 0 Å². The van der Waals surface area contributed by atoms with Crippen LogP contribution >= 0.6 is 0 Å². The van der Waals surface area contributed by atoms with Gasteiger partial charge >= 0.3 is 0 Å². The van der Waals surface area contributed by atoms with Crippen molar-refractivity contribution >= 4 is 0 Å². The third-order valence-corrected chi connectivity index (χ3v) is 3.84. The van der Waals surface area contributed by atoms with Crippen LogP contribution in [0.3, 0.4) is 0 Å². The summed E-state index contributed by atoms with van der Waals surface area (Å²) in [5.74, 6) is 1.58. The van der Waals surface area contributed by atoms with Gasteiger partial charge < -0.3 is 14.2 Å². The summed E-state index contributed by atoms with van der Waals surface area (Å²) in [6.45, 7) is 3.99. The Labute approximate surface area is 136 Å². The molecule has 0 atom stereocenters. The number of ether oxygens (including phenoxy) is 3. The summed E-state index contributed by atoms with van der Waals surface area (Å²) in [5, 5.41) is 0. The summed E-state index contributed by atoms with van der Waals surface area (Å²) < 4.78 is 16.3. The van der Waals surface area contributed by atoms with Crippen molar-refractivity contribution in [3.05, 3.63) is 23.8 Å². The van der Waals surface area contributed by atoms with Crippen molar-refractivity contribution in [2.45, 2.75) is 58.3 Å². The van der Waals surface area contributed by atoms with Gasteiger partial charge in [-0.15, -0.1) is 0 Å². The number of methoxy groups -OCH3 is 2. The zero-order valence-corrected chi connectivity index (χ0v) is 14.5. The van der Waals surface area contributed by atoms with E-state index in [4.69, 9.17) is 14.2 Å². The monoisotopic (exact) mass is 308 g/mol. The molecule has 0 spiro atoms. The van der Waals surface area contributed by atoms with Crippen LogP contribution in [-0.2, 0) is 11.2 Å². The molecule has 1 aromatic rings. The van der Waals surface area contributed by atoms with E-state index in [2.05, 4.69) is 13.0 Å². The van der Waals surface area contributed by atoms with Gasteiger partial charge in [0, 0.05) is 13.2 Å². The summed E-state index contributed by atoms with van der Waals surface area (Å²) in [7, 11) is 3.33. The lowest BCUT2D eigenvalue weighted by molar-refractivity contribution is 0.127. The van der Waals surface area contributed by atoms with Gasteiger partial charge in [-0.1, -0.05) is 45.1 Å². The van der Waals surface area contributed by atoms with Crippen molar-refractivity contribution in [1.29, 1.82) is 0 Å². The first-order valence-corrected chi connectivity index (χ1v) is 8.60. The lowest BCUT2D eigenvalue weighted by Gasteiger charge is -2.09. The lowest BCUT2D eigenvalue weighted by atomic mass is 10.1. The molecule has 0 heterocycles. The van der Waals surface area contributed by atoms with E-state index in [1.54, 1.807) is 14.2 Å². The zero-order chi connectivity index (χ0) is 16.0. The molecule has 1 aromatic carbocycles. The van der Waals surface area contributed by atoms with Crippen molar-refractivity contribution in [3.63, 3.8) is 0 Å². The largest absolute Gasteiger partial charge is 0.493 e. The minimum atomic E-state index is 0.783.